The Morgan fingerprint density at radius 2 is 2.19 bits per heavy atom. The first-order valence-electron chi connectivity index (χ1n) is 5.43. The van der Waals surface area contributed by atoms with Crippen LogP contribution in [0.25, 0.3) is 0 Å². The number of halogens is 1. The van der Waals surface area contributed by atoms with Gasteiger partial charge in [-0.25, -0.2) is 4.39 Å². The SMILES string of the molecule is CCCC(OC)C(=O)c1ccc(F)c(C)c1. The van der Waals surface area contributed by atoms with Crippen molar-refractivity contribution in [1.82, 2.24) is 0 Å². The fraction of sp³-hybridized carbons (Fsp3) is 0.462. The van der Waals surface area contributed by atoms with E-state index in [-0.39, 0.29) is 11.6 Å². The summed E-state index contributed by atoms with van der Waals surface area (Å²) in [7, 11) is 1.52. The van der Waals surface area contributed by atoms with E-state index in [4.69, 9.17) is 4.74 Å². The molecule has 3 heteroatoms. The number of benzene rings is 1. The Bertz CT molecular complexity index is 374. The second-order valence-electron chi connectivity index (χ2n) is 3.84. The van der Waals surface area contributed by atoms with Crippen LogP contribution in [0.15, 0.2) is 18.2 Å². The van der Waals surface area contributed by atoms with E-state index in [9.17, 15) is 9.18 Å². The van der Waals surface area contributed by atoms with Gasteiger partial charge < -0.3 is 4.74 Å². The molecule has 0 heterocycles. The fourth-order valence-electron chi connectivity index (χ4n) is 1.60. The number of ether oxygens (including phenoxy) is 1. The number of rotatable bonds is 5. The summed E-state index contributed by atoms with van der Waals surface area (Å²) in [4.78, 5) is 12.0. The van der Waals surface area contributed by atoms with Crippen molar-refractivity contribution in [2.75, 3.05) is 7.11 Å². The third-order valence-electron chi connectivity index (χ3n) is 2.57. The molecule has 0 aliphatic carbocycles. The molecule has 0 saturated heterocycles. The van der Waals surface area contributed by atoms with Crippen molar-refractivity contribution < 1.29 is 13.9 Å². The molecule has 1 rings (SSSR count). The van der Waals surface area contributed by atoms with Crippen LogP contribution in [0, 0.1) is 12.7 Å². The van der Waals surface area contributed by atoms with Gasteiger partial charge in [0.05, 0.1) is 0 Å². The van der Waals surface area contributed by atoms with Crippen LogP contribution in [0.1, 0.15) is 35.7 Å². The summed E-state index contributed by atoms with van der Waals surface area (Å²) >= 11 is 0. The largest absolute Gasteiger partial charge is 0.373 e. The maximum Gasteiger partial charge on any atom is 0.191 e. The summed E-state index contributed by atoms with van der Waals surface area (Å²) in [5.74, 6) is -0.367. The third-order valence-corrected chi connectivity index (χ3v) is 2.57. The van der Waals surface area contributed by atoms with Gasteiger partial charge in [0.25, 0.3) is 0 Å². The molecule has 88 valence electrons. The molecule has 2 nitrogen and oxygen atoms in total. The third kappa shape index (κ3) is 2.89. The molecule has 0 amide bonds. The van der Waals surface area contributed by atoms with E-state index in [2.05, 4.69) is 0 Å². The van der Waals surface area contributed by atoms with Gasteiger partial charge >= 0.3 is 0 Å². The zero-order valence-electron chi connectivity index (χ0n) is 9.92. The summed E-state index contributed by atoms with van der Waals surface area (Å²) in [5, 5.41) is 0. The van der Waals surface area contributed by atoms with Crippen molar-refractivity contribution >= 4 is 5.78 Å². The van der Waals surface area contributed by atoms with Crippen LogP contribution in [0.4, 0.5) is 4.39 Å². The van der Waals surface area contributed by atoms with E-state index in [1.54, 1.807) is 13.0 Å². The number of carbonyl (C=O) groups excluding carboxylic acids is 1. The maximum atomic E-state index is 13.1. The molecule has 1 unspecified atom stereocenters. The van der Waals surface area contributed by atoms with Crippen molar-refractivity contribution in [2.24, 2.45) is 0 Å². The topological polar surface area (TPSA) is 26.3 Å². The Kier molecular flexibility index (Phi) is 4.62. The monoisotopic (exact) mass is 224 g/mol. The Labute approximate surface area is 95.4 Å². The van der Waals surface area contributed by atoms with Crippen molar-refractivity contribution in [2.45, 2.75) is 32.8 Å². The van der Waals surface area contributed by atoms with Gasteiger partial charge in [-0.1, -0.05) is 13.3 Å². The van der Waals surface area contributed by atoms with E-state index in [0.29, 0.717) is 17.5 Å². The average molecular weight is 224 g/mol. The molecule has 1 atom stereocenters. The summed E-state index contributed by atoms with van der Waals surface area (Å²) < 4.78 is 18.2. The molecule has 0 aliphatic heterocycles. The Morgan fingerprint density at radius 3 is 2.69 bits per heavy atom. The first kappa shape index (κ1) is 12.8. The molecule has 0 spiro atoms. The van der Waals surface area contributed by atoms with Crippen LogP contribution in [0.3, 0.4) is 0 Å². The minimum absolute atomic E-state index is 0.0764. The van der Waals surface area contributed by atoms with Gasteiger partial charge in [0.2, 0.25) is 0 Å². The van der Waals surface area contributed by atoms with Crippen molar-refractivity contribution in [3.8, 4) is 0 Å². The zero-order valence-corrected chi connectivity index (χ0v) is 9.92. The van der Waals surface area contributed by atoms with Crippen LogP contribution in [-0.4, -0.2) is 19.0 Å². The molecule has 0 N–H and O–H groups in total. The van der Waals surface area contributed by atoms with E-state index >= 15 is 0 Å². The highest BCUT2D eigenvalue weighted by Gasteiger charge is 2.18. The van der Waals surface area contributed by atoms with Gasteiger partial charge in [-0.05, 0) is 37.1 Å². The normalized spacial score (nSPS) is 12.5. The predicted octanol–water partition coefficient (Wildman–Crippen LogP) is 3.13. The molecule has 0 aliphatic rings. The lowest BCUT2D eigenvalue weighted by atomic mass is 10.0. The van der Waals surface area contributed by atoms with Gasteiger partial charge in [-0.3, -0.25) is 4.79 Å². The molecule has 16 heavy (non-hydrogen) atoms. The van der Waals surface area contributed by atoms with Gasteiger partial charge in [0.1, 0.15) is 11.9 Å². The van der Waals surface area contributed by atoms with E-state index in [1.165, 1.54) is 19.2 Å². The molecule has 0 saturated carbocycles. The number of hydrogen-bond acceptors (Lipinski definition) is 2. The lowest BCUT2D eigenvalue weighted by Crippen LogP contribution is -2.23. The van der Waals surface area contributed by atoms with E-state index in [0.717, 1.165) is 6.42 Å². The minimum Gasteiger partial charge on any atom is -0.373 e. The van der Waals surface area contributed by atoms with Crippen LogP contribution in [0.5, 0.6) is 0 Å². The highest BCUT2D eigenvalue weighted by molar-refractivity contribution is 5.99. The number of aryl methyl sites for hydroxylation is 1. The maximum absolute atomic E-state index is 13.1. The Morgan fingerprint density at radius 1 is 1.50 bits per heavy atom. The summed E-state index contributed by atoms with van der Waals surface area (Å²) in [5.41, 5.74) is 0.997. The van der Waals surface area contributed by atoms with Crippen LogP contribution in [0.2, 0.25) is 0 Å². The first-order valence-corrected chi connectivity index (χ1v) is 5.43. The summed E-state index contributed by atoms with van der Waals surface area (Å²) in [6.45, 7) is 3.64. The number of ketones is 1. The Hall–Kier alpha value is -1.22. The number of Topliss-reactive ketones (excluding diaryl/α,β-unsaturated/α-hetero) is 1. The lowest BCUT2D eigenvalue weighted by Gasteiger charge is -2.13. The van der Waals surface area contributed by atoms with Gasteiger partial charge in [0, 0.05) is 12.7 Å². The highest BCUT2D eigenvalue weighted by Crippen LogP contribution is 2.14. The molecule has 0 fully saturated rings. The minimum atomic E-state index is -0.421. The van der Waals surface area contributed by atoms with Crippen molar-refractivity contribution in [3.05, 3.63) is 35.1 Å². The van der Waals surface area contributed by atoms with Crippen molar-refractivity contribution in [1.29, 1.82) is 0 Å². The zero-order chi connectivity index (χ0) is 12.1. The molecule has 0 aromatic heterocycles. The molecule has 0 radical (unpaired) electrons. The molecular weight excluding hydrogens is 207 g/mol. The van der Waals surface area contributed by atoms with Crippen LogP contribution in [-0.2, 0) is 4.74 Å². The number of hydrogen-bond donors (Lipinski definition) is 0. The number of carbonyl (C=O) groups is 1. The van der Waals surface area contributed by atoms with Crippen molar-refractivity contribution in [3.63, 3.8) is 0 Å². The predicted molar refractivity (Wildman–Crippen MR) is 61.2 cm³/mol. The van der Waals surface area contributed by atoms with Gasteiger partial charge in [0.15, 0.2) is 5.78 Å². The highest BCUT2D eigenvalue weighted by atomic mass is 19.1. The van der Waals surface area contributed by atoms with Crippen LogP contribution < -0.4 is 0 Å². The standard InChI is InChI=1S/C13H17FO2/c1-4-5-12(16-3)13(15)10-6-7-11(14)9(2)8-10/h6-8,12H,4-5H2,1-3H3. The second kappa shape index (κ2) is 5.75. The number of methoxy groups -OCH3 is 1. The molecule has 1 aromatic carbocycles. The summed E-state index contributed by atoms with van der Waals surface area (Å²) in [6, 6.07) is 4.40. The molecule has 0 bridgehead atoms. The van der Waals surface area contributed by atoms with Crippen LogP contribution >= 0.6 is 0 Å². The van der Waals surface area contributed by atoms with E-state index < -0.39 is 6.10 Å². The first-order chi connectivity index (χ1) is 7.60. The smallest absolute Gasteiger partial charge is 0.191 e. The molecular formula is C13H17FO2. The average Bonchev–Trinajstić information content (AvgIpc) is 2.28. The Balaban J connectivity index is 2.90. The molecule has 1 aromatic rings. The second-order valence-corrected chi connectivity index (χ2v) is 3.84. The summed E-state index contributed by atoms with van der Waals surface area (Å²) in [6.07, 6.45) is 1.14. The van der Waals surface area contributed by atoms with E-state index in [1.807, 2.05) is 6.92 Å². The fourth-order valence-corrected chi connectivity index (χ4v) is 1.60. The van der Waals surface area contributed by atoms with Gasteiger partial charge in [-0.2, -0.15) is 0 Å². The quantitative estimate of drug-likeness (QED) is 0.718. The lowest BCUT2D eigenvalue weighted by molar-refractivity contribution is 0.0578. The van der Waals surface area contributed by atoms with Gasteiger partial charge in [-0.15, -0.1) is 0 Å².